The third kappa shape index (κ3) is 6.25. The normalized spacial score (nSPS) is 14.6. The molecule has 3 aromatic rings. The molecule has 1 aromatic heterocycles. The standard InChI is InChI=1S/C28H31N5O3S/c1-4-24(26(33-13-11-29-12-14-33)23-8-6-5-7-19(23)2)31-27(35)25-18-37-28(32-25)30-16-20-9-10-22(36-3)15-21(20)17-34/h4-10,15,17-18,29H,2,11-14,16H2,1,3H3,(H,30,32)(H,31,35)/b24-4+,26-23+. The number of ether oxygens (including phenoxy) is 1. The number of hydrogen-bond donors (Lipinski definition) is 3. The van der Waals surface area contributed by atoms with Crippen molar-refractivity contribution in [2.24, 2.45) is 0 Å². The van der Waals surface area contributed by atoms with Crippen molar-refractivity contribution in [2.75, 3.05) is 38.6 Å². The molecule has 1 fully saturated rings. The molecule has 0 radical (unpaired) electrons. The van der Waals surface area contributed by atoms with E-state index in [2.05, 4.69) is 32.4 Å². The second-order valence-electron chi connectivity index (χ2n) is 8.47. The number of nitrogens with zero attached hydrogens (tertiary/aromatic N) is 2. The van der Waals surface area contributed by atoms with Crippen LogP contribution in [0.2, 0.25) is 0 Å². The number of amides is 1. The minimum Gasteiger partial charge on any atom is -0.497 e. The topological polar surface area (TPSA) is 95.6 Å². The Balaban J connectivity index is 1.52. The van der Waals surface area contributed by atoms with Gasteiger partial charge in [-0.05, 0) is 29.8 Å². The van der Waals surface area contributed by atoms with E-state index in [4.69, 9.17) is 4.74 Å². The summed E-state index contributed by atoms with van der Waals surface area (Å²) in [4.78, 5) is 31.4. The molecule has 0 saturated carbocycles. The van der Waals surface area contributed by atoms with Crippen molar-refractivity contribution in [1.82, 2.24) is 20.5 Å². The number of anilines is 1. The van der Waals surface area contributed by atoms with Gasteiger partial charge in [-0.1, -0.05) is 43.0 Å². The lowest BCUT2D eigenvalue weighted by molar-refractivity contribution is 0.0962. The molecule has 0 atom stereocenters. The highest BCUT2D eigenvalue weighted by Crippen LogP contribution is 2.21. The average molecular weight is 518 g/mol. The lowest BCUT2D eigenvalue weighted by atomic mass is 10.1. The first-order chi connectivity index (χ1) is 18.0. The van der Waals surface area contributed by atoms with Crippen LogP contribution in [-0.2, 0) is 6.54 Å². The van der Waals surface area contributed by atoms with Crippen LogP contribution < -0.4 is 31.1 Å². The van der Waals surface area contributed by atoms with Gasteiger partial charge in [-0.3, -0.25) is 9.59 Å². The van der Waals surface area contributed by atoms with Crippen molar-refractivity contribution in [2.45, 2.75) is 13.5 Å². The molecule has 0 aliphatic carbocycles. The highest BCUT2D eigenvalue weighted by Gasteiger charge is 2.20. The van der Waals surface area contributed by atoms with E-state index >= 15 is 0 Å². The Hall–Kier alpha value is -3.95. The zero-order valence-corrected chi connectivity index (χ0v) is 21.9. The van der Waals surface area contributed by atoms with Crippen LogP contribution in [0.15, 0.2) is 59.6 Å². The van der Waals surface area contributed by atoms with Crippen LogP contribution >= 0.6 is 11.3 Å². The number of benzene rings is 2. The molecule has 0 spiro atoms. The first kappa shape index (κ1) is 26.1. The van der Waals surface area contributed by atoms with Crippen LogP contribution in [-0.4, -0.2) is 55.4 Å². The molecule has 3 N–H and O–H groups in total. The number of aldehydes is 1. The maximum atomic E-state index is 13.2. The van der Waals surface area contributed by atoms with Gasteiger partial charge in [0.1, 0.15) is 11.4 Å². The lowest BCUT2D eigenvalue weighted by Crippen LogP contribution is -2.47. The van der Waals surface area contributed by atoms with E-state index in [-0.39, 0.29) is 5.91 Å². The summed E-state index contributed by atoms with van der Waals surface area (Å²) < 4.78 is 5.19. The monoisotopic (exact) mass is 517 g/mol. The molecule has 37 heavy (non-hydrogen) atoms. The molecule has 2 heterocycles. The summed E-state index contributed by atoms with van der Waals surface area (Å²) in [7, 11) is 1.56. The van der Waals surface area contributed by atoms with E-state index in [1.807, 2.05) is 43.3 Å². The van der Waals surface area contributed by atoms with Crippen molar-refractivity contribution in [1.29, 1.82) is 0 Å². The van der Waals surface area contributed by atoms with Gasteiger partial charge in [0, 0.05) is 48.9 Å². The van der Waals surface area contributed by atoms with E-state index in [1.54, 1.807) is 24.6 Å². The molecule has 9 heteroatoms. The van der Waals surface area contributed by atoms with Crippen LogP contribution in [0.4, 0.5) is 5.13 Å². The molecule has 8 nitrogen and oxygen atoms in total. The molecule has 4 rings (SSSR count). The third-order valence-electron chi connectivity index (χ3n) is 6.14. The summed E-state index contributed by atoms with van der Waals surface area (Å²) in [6.45, 7) is 9.92. The number of aromatic nitrogens is 1. The van der Waals surface area contributed by atoms with Gasteiger partial charge >= 0.3 is 0 Å². The van der Waals surface area contributed by atoms with E-state index in [0.29, 0.717) is 28.7 Å². The maximum absolute atomic E-state index is 13.2. The summed E-state index contributed by atoms with van der Waals surface area (Å²) in [5.74, 6) is 0.335. The van der Waals surface area contributed by atoms with Crippen LogP contribution in [0.25, 0.3) is 12.3 Å². The molecule has 192 valence electrons. The lowest BCUT2D eigenvalue weighted by Gasteiger charge is -2.33. The fraction of sp³-hybridized carbons (Fsp3) is 0.250. The number of nitrogens with one attached hydrogen (secondary N) is 3. The summed E-state index contributed by atoms with van der Waals surface area (Å²) >= 11 is 1.34. The minimum absolute atomic E-state index is 0.287. The predicted molar refractivity (Wildman–Crippen MR) is 148 cm³/mol. The molecule has 0 unspecified atom stereocenters. The van der Waals surface area contributed by atoms with Crippen LogP contribution in [0, 0.1) is 0 Å². The quantitative estimate of drug-likeness (QED) is 0.375. The van der Waals surface area contributed by atoms with Crippen molar-refractivity contribution in [3.8, 4) is 5.75 Å². The van der Waals surface area contributed by atoms with E-state index < -0.39 is 0 Å². The molecule has 1 aliphatic rings. The number of methoxy groups -OCH3 is 1. The summed E-state index contributed by atoms with van der Waals surface area (Å²) in [6, 6.07) is 13.3. The van der Waals surface area contributed by atoms with Crippen molar-refractivity contribution in [3.05, 3.63) is 86.9 Å². The Bertz CT molecular complexity index is 1410. The summed E-state index contributed by atoms with van der Waals surface area (Å²) in [5, 5.41) is 13.9. The number of allylic oxidation sites excluding steroid dienone is 1. The molecule has 1 aliphatic heterocycles. The number of carbonyl (C=O) groups excluding carboxylic acids is 2. The molecule has 1 amide bonds. The Morgan fingerprint density at radius 2 is 2.03 bits per heavy atom. The zero-order valence-electron chi connectivity index (χ0n) is 21.0. The SMILES string of the molecule is C=c1cccc/c1=C(/C(=C\C)NC(=O)c1csc(NCc2ccc(OC)cc2C=O)n1)N1CCNCC1. The van der Waals surface area contributed by atoms with Crippen LogP contribution in [0.3, 0.4) is 0 Å². The van der Waals surface area contributed by atoms with Crippen LogP contribution in [0.5, 0.6) is 5.75 Å². The van der Waals surface area contributed by atoms with Crippen LogP contribution in [0.1, 0.15) is 33.3 Å². The van der Waals surface area contributed by atoms with E-state index in [1.165, 1.54) is 11.3 Å². The smallest absolute Gasteiger partial charge is 0.275 e. The fourth-order valence-corrected chi connectivity index (χ4v) is 4.87. The van der Waals surface area contributed by atoms with Gasteiger partial charge in [-0.25, -0.2) is 4.98 Å². The first-order valence-corrected chi connectivity index (χ1v) is 13.0. The van der Waals surface area contributed by atoms with Crippen molar-refractivity contribution < 1.29 is 14.3 Å². The number of carbonyl (C=O) groups is 2. The Labute approximate surface area is 220 Å². The van der Waals surface area contributed by atoms with Gasteiger partial charge in [0.15, 0.2) is 11.4 Å². The van der Waals surface area contributed by atoms with Gasteiger partial charge in [-0.2, -0.15) is 0 Å². The Kier molecular flexibility index (Phi) is 8.71. The van der Waals surface area contributed by atoms with Crippen molar-refractivity contribution in [3.63, 3.8) is 0 Å². The van der Waals surface area contributed by atoms with E-state index in [9.17, 15) is 9.59 Å². The number of rotatable bonds is 9. The summed E-state index contributed by atoms with van der Waals surface area (Å²) in [6.07, 6.45) is 2.72. The molecule has 1 saturated heterocycles. The third-order valence-corrected chi connectivity index (χ3v) is 6.94. The zero-order chi connectivity index (χ0) is 26.2. The maximum Gasteiger partial charge on any atom is 0.275 e. The molecule has 2 aromatic carbocycles. The second-order valence-corrected chi connectivity index (χ2v) is 9.33. The molecule has 0 bridgehead atoms. The van der Waals surface area contributed by atoms with Gasteiger partial charge in [-0.15, -0.1) is 11.3 Å². The van der Waals surface area contributed by atoms with Gasteiger partial charge < -0.3 is 25.6 Å². The molecular formula is C28H31N5O3S. The predicted octanol–water partition coefficient (Wildman–Crippen LogP) is 2.33. The van der Waals surface area contributed by atoms with Gasteiger partial charge in [0.05, 0.1) is 18.5 Å². The highest BCUT2D eigenvalue weighted by molar-refractivity contribution is 7.13. The van der Waals surface area contributed by atoms with Gasteiger partial charge in [0.25, 0.3) is 5.91 Å². The first-order valence-electron chi connectivity index (χ1n) is 12.1. The Morgan fingerprint density at radius 1 is 1.24 bits per heavy atom. The number of hydrogen-bond acceptors (Lipinski definition) is 8. The highest BCUT2D eigenvalue weighted by atomic mass is 32.1. The minimum atomic E-state index is -0.287. The van der Waals surface area contributed by atoms with E-state index in [0.717, 1.165) is 59.9 Å². The number of thiazole rings is 1. The summed E-state index contributed by atoms with van der Waals surface area (Å²) in [5.41, 5.74) is 3.35. The van der Waals surface area contributed by atoms with Crippen molar-refractivity contribution >= 4 is 40.9 Å². The Morgan fingerprint density at radius 3 is 2.73 bits per heavy atom. The average Bonchev–Trinajstić information content (AvgIpc) is 3.42. The fourth-order valence-electron chi connectivity index (χ4n) is 4.18. The molecular weight excluding hydrogens is 486 g/mol. The van der Waals surface area contributed by atoms with Gasteiger partial charge in [0.2, 0.25) is 0 Å². The second kappa shape index (κ2) is 12.3. The number of piperazine rings is 1. The largest absolute Gasteiger partial charge is 0.497 e.